The van der Waals surface area contributed by atoms with Gasteiger partial charge in [-0.25, -0.2) is 9.97 Å². The van der Waals surface area contributed by atoms with Crippen LogP contribution < -0.4 is 5.32 Å². The molecule has 1 aromatic heterocycles. The zero-order chi connectivity index (χ0) is 15.5. The first-order chi connectivity index (χ1) is 9.89. The fourth-order valence-electron chi connectivity index (χ4n) is 1.80. The van der Waals surface area contributed by atoms with Gasteiger partial charge in [0.2, 0.25) is 0 Å². The lowest BCUT2D eigenvalue weighted by Crippen LogP contribution is -2.13. The minimum atomic E-state index is -4.35. The molecule has 0 aliphatic heterocycles. The van der Waals surface area contributed by atoms with E-state index in [-0.39, 0.29) is 17.1 Å². The molecule has 0 atom stereocenters. The molecule has 1 N–H and O–H groups in total. The Morgan fingerprint density at radius 3 is 2.62 bits per heavy atom. The Labute approximate surface area is 132 Å². The fourth-order valence-corrected chi connectivity index (χ4v) is 2.28. The average molecular weight is 381 g/mol. The van der Waals surface area contributed by atoms with E-state index >= 15 is 0 Å². The van der Waals surface area contributed by atoms with Gasteiger partial charge in [-0.3, -0.25) is 0 Å². The molecule has 8 heteroatoms. The van der Waals surface area contributed by atoms with E-state index in [1.165, 1.54) is 18.5 Å². The third kappa shape index (κ3) is 4.07. The summed E-state index contributed by atoms with van der Waals surface area (Å²) in [5, 5.41) is 3.17. The Balaban J connectivity index is 2.06. The molecule has 0 fully saturated rings. The van der Waals surface area contributed by atoms with Crippen molar-refractivity contribution in [3.05, 3.63) is 51.3 Å². The fraction of sp³-hybridized carbons (Fsp3) is 0.231. The van der Waals surface area contributed by atoms with Crippen LogP contribution in [0.3, 0.4) is 0 Å². The lowest BCUT2D eigenvalue weighted by Gasteiger charge is -2.13. The van der Waals surface area contributed by atoms with Crippen molar-refractivity contribution in [2.45, 2.75) is 12.6 Å². The lowest BCUT2D eigenvalue weighted by molar-refractivity contribution is -0.138. The highest BCUT2D eigenvalue weighted by Gasteiger charge is 2.32. The molecule has 0 unspecified atom stereocenters. The van der Waals surface area contributed by atoms with Crippen LogP contribution in [-0.2, 0) is 12.6 Å². The molecule has 0 amide bonds. The summed E-state index contributed by atoms with van der Waals surface area (Å²) in [4.78, 5) is 7.74. The third-order valence-corrected chi connectivity index (χ3v) is 4.02. The van der Waals surface area contributed by atoms with E-state index < -0.39 is 11.7 Å². The summed E-state index contributed by atoms with van der Waals surface area (Å²) in [7, 11) is 0. The quantitative estimate of drug-likeness (QED) is 0.790. The van der Waals surface area contributed by atoms with Gasteiger partial charge < -0.3 is 5.32 Å². The number of nitrogens with zero attached hydrogens (tertiary/aromatic N) is 2. The van der Waals surface area contributed by atoms with Crippen LogP contribution in [0.25, 0.3) is 0 Å². The van der Waals surface area contributed by atoms with Crippen molar-refractivity contribution in [3.63, 3.8) is 0 Å². The highest BCUT2D eigenvalue weighted by molar-refractivity contribution is 9.10. The summed E-state index contributed by atoms with van der Waals surface area (Å²) >= 11 is 9.02. The van der Waals surface area contributed by atoms with Gasteiger partial charge in [0.25, 0.3) is 0 Å². The van der Waals surface area contributed by atoms with Crippen molar-refractivity contribution in [1.82, 2.24) is 9.97 Å². The molecule has 2 aromatic rings. The first-order valence-electron chi connectivity index (χ1n) is 5.94. The van der Waals surface area contributed by atoms with Crippen LogP contribution in [0.4, 0.5) is 19.0 Å². The van der Waals surface area contributed by atoms with Crippen molar-refractivity contribution in [2.75, 3.05) is 11.9 Å². The minimum Gasteiger partial charge on any atom is -0.369 e. The van der Waals surface area contributed by atoms with Gasteiger partial charge in [-0.15, -0.1) is 0 Å². The van der Waals surface area contributed by atoms with E-state index in [0.29, 0.717) is 16.8 Å². The van der Waals surface area contributed by atoms with E-state index in [1.807, 2.05) is 0 Å². The van der Waals surface area contributed by atoms with E-state index in [2.05, 4.69) is 31.2 Å². The summed E-state index contributed by atoms with van der Waals surface area (Å²) < 4.78 is 39.0. The first kappa shape index (κ1) is 16.0. The van der Waals surface area contributed by atoms with Crippen molar-refractivity contribution >= 4 is 33.3 Å². The molecule has 0 spiro atoms. The van der Waals surface area contributed by atoms with Crippen LogP contribution >= 0.6 is 27.5 Å². The maximum Gasteiger partial charge on any atom is 0.416 e. The highest BCUT2D eigenvalue weighted by atomic mass is 79.9. The molecule has 0 saturated heterocycles. The number of halogens is 5. The topological polar surface area (TPSA) is 37.8 Å². The number of rotatable bonds is 4. The molecule has 0 aliphatic rings. The van der Waals surface area contributed by atoms with Crippen LogP contribution in [0.1, 0.15) is 11.1 Å². The first-order valence-corrected chi connectivity index (χ1v) is 7.11. The molecule has 2 rings (SSSR count). The molecule has 0 saturated carbocycles. The number of alkyl halides is 3. The van der Waals surface area contributed by atoms with Crippen LogP contribution in [0, 0.1) is 0 Å². The van der Waals surface area contributed by atoms with Crippen LogP contribution in [0.5, 0.6) is 0 Å². The van der Waals surface area contributed by atoms with Crippen molar-refractivity contribution in [1.29, 1.82) is 0 Å². The maximum absolute atomic E-state index is 12.8. The maximum atomic E-state index is 12.8. The number of nitrogens with one attached hydrogen (secondary N) is 1. The molecule has 21 heavy (non-hydrogen) atoms. The van der Waals surface area contributed by atoms with Gasteiger partial charge in [0.1, 0.15) is 17.3 Å². The van der Waals surface area contributed by atoms with Crippen molar-refractivity contribution in [3.8, 4) is 0 Å². The molecule has 1 heterocycles. The minimum absolute atomic E-state index is 0.212. The number of benzene rings is 1. The Morgan fingerprint density at radius 1 is 1.19 bits per heavy atom. The molecule has 112 valence electrons. The largest absolute Gasteiger partial charge is 0.416 e. The Hall–Kier alpha value is -1.34. The molecular formula is C13H10BrClF3N3. The smallest absolute Gasteiger partial charge is 0.369 e. The van der Waals surface area contributed by atoms with E-state index in [0.717, 1.165) is 6.07 Å². The van der Waals surface area contributed by atoms with E-state index in [9.17, 15) is 13.2 Å². The average Bonchev–Trinajstić information content (AvgIpc) is 2.43. The van der Waals surface area contributed by atoms with Gasteiger partial charge in [-0.2, -0.15) is 13.2 Å². The predicted molar refractivity (Wildman–Crippen MR) is 78.4 cm³/mol. The van der Waals surface area contributed by atoms with Gasteiger partial charge in [-0.1, -0.05) is 29.8 Å². The SMILES string of the molecule is FC(F)(F)c1ccccc1CCNc1ncnc(Cl)c1Br. The highest BCUT2D eigenvalue weighted by Crippen LogP contribution is 2.32. The van der Waals surface area contributed by atoms with Crippen molar-refractivity contribution in [2.24, 2.45) is 0 Å². The zero-order valence-electron chi connectivity index (χ0n) is 10.6. The summed E-state index contributed by atoms with van der Waals surface area (Å²) in [6.45, 7) is 0.291. The second kappa shape index (κ2) is 6.62. The zero-order valence-corrected chi connectivity index (χ0v) is 12.9. The normalized spacial score (nSPS) is 11.5. The predicted octanol–water partition coefficient (Wildman–Crippen LogP) is 4.57. The van der Waals surface area contributed by atoms with Crippen LogP contribution in [-0.4, -0.2) is 16.5 Å². The second-order valence-corrected chi connectivity index (χ2v) is 5.31. The summed E-state index contributed by atoms with van der Waals surface area (Å²) in [5.74, 6) is 0.444. The van der Waals surface area contributed by atoms with Gasteiger partial charge >= 0.3 is 6.18 Å². The third-order valence-electron chi connectivity index (χ3n) is 2.76. The summed E-state index contributed by atoms with van der Waals surface area (Å²) in [6, 6.07) is 5.50. The molecule has 0 bridgehead atoms. The lowest BCUT2D eigenvalue weighted by atomic mass is 10.0. The molecule has 0 aliphatic carbocycles. The summed E-state index contributed by atoms with van der Waals surface area (Å²) in [6.07, 6.45) is -2.86. The van der Waals surface area contributed by atoms with Gasteiger partial charge in [0, 0.05) is 6.54 Å². The van der Waals surface area contributed by atoms with E-state index in [1.54, 1.807) is 6.07 Å². The monoisotopic (exact) mass is 379 g/mol. The van der Waals surface area contributed by atoms with Gasteiger partial charge in [0.05, 0.1) is 10.0 Å². The number of hydrogen-bond donors (Lipinski definition) is 1. The van der Waals surface area contributed by atoms with Crippen LogP contribution in [0.15, 0.2) is 35.1 Å². The number of anilines is 1. The van der Waals surface area contributed by atoms with E-state index in [4.69, 9.17) is 11.6 Å². The number of hydrogen-bond acceptors (Lipinski definition) is 3. The van der Waals surface area contributed by atoms with Gasteiger partial charge in [0.15, 0.2) is 0 Å². The van der Waals surface area contributed by atoms with Gasteiger partial charge in [-0.05, 0) is 34.0 Å². The molecule has 3 nitrogen and oxygen atoms in total. The standard InChI is InChI=1S/C13H10BrClF3N3/c14-10-11(15)20-7-21-12(10)19-6-5-8-3-1-2-4-9(8)13(16,17)18/h1-4,7H,5-6H2,(H,19,20,21). The van der Waals surface area contributed by atoms with Crippen LogP contribution in [0.2, 0.25) is 5.15 Å². The Bertz CT molecular complexity index is 634. The number of aromatic nitrogens is 2. The Kier molecular flexibility index (Phi) is 5.05. The molecular weight excluding hydrogens is 371 g/mol. The Morgan fingerprint density at radius 2 is 1.90 bits per heavy atom. The van der Waals surface area contributed by atoms with Crippen molar-refractivity contribution < 1.29 is 13.2 Å². The second-order valence-electron chi connectivity index (χ2n) is 4.16. The summed E-state index contributed by atoms with van der Waals surface area (Å²) in [5.41, 5.74) is -0.389. The molecule has 1 aromatic carbocycles. The molecule has 0 radical (unpaired) electrons.